The van der Waals surface area contributed by atoms with Crippen molar-refractivity contribution >= 4 is 11.3 Å². The lowest BCUT2D eigenvalue weighted by Gasteiger charge is -2.24. The Morgan fingerprint density at radius 1 is 1.30 bits per heavy atom. The Bertz CT molecular complexity index is 526. The Labute approximate surface area is 124 Å². The minimum Gasteiger partial charge on any atom is -0.388 e. The van der Waals surface area contributed by atoms with Gasteiger partial charge in [0.1, 0.15) is 0 Å². The zero-order chi connectivity index (χ0) is 14.5. The average Bonchev–Trinajstić information content (AvgIpc) is 2.84. The fourth-order valence-electron chi connectivity index (χ4n) is 2.39. The van der Waals surface area contributed by atoms with Crippen molar-refractivity contribution in [2.75, 3.05) is 13.6 Å². The molecule has 0 saturated carbocycles. The molecule has 2 rings (SSSR count). The van der Waals surface area contributed by atoms with E-state index in [0.29, 0.717) is 0 Å². The molecule has 0 spiro atoms. The van der Waals surface area contributed by atoms with E-state index < -0.39 is 6.10 Å². The molecule has 0 radical (unpaired) electrons. The highest BCUT2D eigenvalue weighted by atomic mass is 32.1. The third-order valence-corrected chi connectivity index (χ3v) is 4.20. The van der Waals surface area contributed by atoms with E-state index in [9.17, 15) is 5.11 Å². The molecule has 108 valence electrons. The summed E-state index contributed by atoms with van der Waals surface area (Å²) in [5.74, 6) is 0.183. The normalized spacial score (nSPS) is 14.4. The Hall–Kier alpha value is -1.23. The molecule has 2 aromatic rings. The van der Waals surface area contributed by atoms with Gasteiger partial charge in [-0.3, -0.25) is 0 Å². The van der Waals surface area contributed by atoms with Gasteiger partial charge in [0, 0.05) is 18.5 Å². The summed E-state index contributed by atoms with van der Waals surface area (Å²) in [5.41, 5.74) is 2.09. The van der Waals surface area contributed by atoms with Crippen molar-refractivity contribution in [3.05, 3.63) is 52.0 Å². The Morgan fingerprint density at radius 3 is 2.60 bits per heavy atom. The van der Waals surface area contributed by atoms with Gasteiger partial charge in [0.25, 0.3) is 0 Å². The third kappa shape index (κ3) is 4.13. The van der Waals surface area contributed by atoms with Crippen molar-refractivity contribution in [1.82, 2.24) is 9.88 Å². The lowest BCUT2D eigenvalue weighted by molar-refractivity contribution is 0.0931. The van der Waals surface area contributed by atoms with E-state index in [4.69, 9.17) is 0 Å². The van der Waals surface area contributed by atoms with Crippen molar-refractivity contribution in [3.8, 4) is 0 Å². The second-order valence-electron chi connectivity index (χ2n) is 5.39. The fraction of sp³-hybridized carbons (Fsp3) is 0.438. The van der Waals surface area contributed by atoms with Gasteiger partial charge >= 0.3 is 0 Å². The molecule has 20 heavy (non-hydrogen) atoms. The van der Waals surface area contributed by atoms with Crippen molar-refractivity contribution in [2.45, 2.75) is 26.5 Å². The smallest absolute Gasteiger partial charge is 0.0897 e. The van der Waals surface area contributed by atoms with Crippen LogP contribution in [0.15, 0.2) is 35.7 Å². The molecule has 1 heterocycles. The molecular weight excluding hydrogens is 268 g/mol. The highest BCUT2D eigenvalue weighted by Crippen LogP contribution is 2.22. The predicted octanol–water partition coefficient (Wildman–Crippen LogP) is 3.25. The predicted molar refractivity (Wildman–Crippen MR) is 83.8 cm³/mol. The van der Waals surface area contributed by atoms with Crippen molar-refractivity contribution in [3.63, 3.8) is 0 Å². The van der Waals surface area contributed by atoms with Gasteiger partial charge in [0.05, 0.1) is 16.8 Å². The van der Waals surface area contributed by atoms with Crippen LogP contribution >= 0.6 is 11.3 Å². The van der Waals surface area contributed by atoms with Crippen molar-refractivity contribution in [1.29, 1.82) is 0 Å². The summed E-state index contributed by atoms with van der Waals surface area (Å²) in [6, 6.07) is 9.85. The summed E-state index contributed by atoms with van der Waals surface area (Å²) in [6.45, 7) is 5.78. The van der Waals surface area contributed by atoms with Gasteiger partial charge in [-0.15, -0.1) is 11.3 Å². The number of thiazole rings is 1. The highest BCUT2D eigenvalue weighted by molar-refractivity contribution is 7.09. The van der Waals surface area contributed by atoms with Crippen LogP contribution in [0.3, 0.4) is 0 Å². The van der Waals surface area contributed by atoms with Crippen LogP contribution in [0.4, 0.5) is 0 Å². The number of benzene rings is 1. The van der Waals surface area contributed by atoms with Gasteiger partial charge in [0.15, 0.2) is 0 Å². The molecule has 3 nitrogen and oxygen atoms in total. The van der Waals surface area contributed by atoms with Gasteiger partial charge in [-0.2, -0.15) is 0 Å². The van der Waals surface area contributed by atoms with Crippen LogP contribution in [0.2, 0.25) is 0 Å². The summed E-state index contributed by atoms with van der Waals surface area (Å²) >= 11 is 1.68. The number of aliphatic hydroxyl groups is 1. The molecular formula is C16H22N2OS. The van der Waals surface area contributed by atoms with E-state index in [0.717, 1.165) is 29.4 Å². The van der Waals surface area contributed by atoms with Crippen molar-refractivity contribution in [2.24, 2.45) is 5.92 Å². The van der Waals surface area contributed by atoms with Crippen LogP contribution in [0.1, 0.15) is 29.3 Å². The van der Waals surface area contributed by atoms with Crippen LogP contribution in [0.5, 0.6) is 0 Å². The zero-order valence-corrected chi connectivity index (χ0v) is 13.1. The Kier molecular flexibility index (Phi) is 5.29. The maximum absolute atomic E-state index is 10.4. The zero-order valence-electron chi connectivity index (χ0n) is 12.3. The quantitative estimate of drug-likeness (QED) is 0.887. The second kappa shape index (κ2) is 6.97. The van der Waals surface area contributed by atoms with Crippen LogP contribution in [0.25, 0.3) is 0 Å². The SMILES string of the molecule is Cc1nc(CN(C)CC(C)C(O)c2ccccc2)cs1. The number of aliphatic hydroxyl groups excluding tert-OH is 1. The molecule has 0 aliphatic heterocycles. The molecule has 2 unspecified atom stereocenters. The van der Waals surface area contributed by atoms with E-state index in [1.807, 2.05) is 37.3 Å². The first-order valence-electron chi connectivity index (χ1n) is 6.89. The first-order chi connectivity index (χ1) is 9.56. The van der Waals surface area contributed by atoms with Crippen molar-refractivity contribution < 1.29 is 5.11 Å². The maximum Gasteiger partial charge on any atom is 0.0897 e. The van der Waals surface area contributed by atoms with Gasteiger partial charge in [0.2, 0.25) is 0 Å². The van der Waals surface area contributed by atoms with Crippen LogP contribution < -0.4 is 0 Å². The Balaban J connectivity index is 1.88. The molecule has 2 atom stereocenters. The van der Waals surface area contributed by atoms with Crippen LogP contribution in [-0.2, 0) is 6.54 Å². The molecule has 0 saturated heterocycles. The molecule has 0 aliphatic carbocycles. The number of hydrogen-bond acceptors (Lipinski definition) is 4. The molecule has 0 fully saturated rings. The molecule has 4 heteroatoms. The number of aromatic nitrogens is 1. The second-order valence-corrected chi connectivity index (χ2v) is 6.45. The first-order valence-corrected chi connectivity index (χ1v) is 7.77. The molecule has 1 aromatic heterocycles. The van der Waals surface area contributed by atoms with E-state index in [2.05, 4.69) is 29.2 Å². The van der Waals surface area contributed by atoms with E-state index in [-0.39, 0.29) is 5.92 Å². The summed E-state index contributed by atoms with van der Waals surface area (Å²) in [7, 11) is 2.07. The molecule has 0 amide bonds. The number of aryl methyl sites for hydroxylation is 1. The van der Waals surface area contributed by atoms with Crippen LogP contribution in [0, 0.1) is 12.8 Å². The topological polar surface area (TPSA) is 36.4 Å². The number of nitrogens with zero attached hydrogens (tertiary/aromatic N) is 2. The number of rotatable bonds is 6. The van der Waals surface area contributed by atoms with Gasteiger partial charge in [-0.25, -0.2) is 4.98 Å². The summed E-state index contributed by atoms with van der Waals surface area (Å²) in [4.78, 5) is 6.69. The first kappa shape index (κ1) is 15.2. The molecule has 1 aromatic carbocycles. The van der Waals surface area contributed by atoms with Gasteiger partial charge < -0.3 is 10.0 Å². The largest absolute Gasteiger partial charge is 0.388 e. The standard InChI is InChI=1S/C16H22N2OS/c1-12(16(19)14-7-5-4-6-8-14)9-18(3)10-15-11-20-13(2)17-15/h4-8,11-12,16,19H,9-10H2,1-3H3. The summed E-state index contributed by atoms with van der Waals surface area (Å²) < 4.78 is 0. The molecule has 0 aliphatic rings. The minimum absolute atomic E-state index is 0.183. The minimum atomic E-state index is -0.421. The lowest BCUT2D eigenvalue weighted by Crippen LogP contribution is -2.27. The molecule has 0 bridgehead atoms. The Morgan fingerprint density at radius 2 is 2.00 bits per heavy atom. The maximum atomic E-state index is 10.4. The van der Waals surface area contributed by atoms with Gasteiger partial charge in [-0.05, 0) is 25.5 Å². The van der Waals surface area contributed by atoms with Crippen LogP contribution in [-0.4, -0.2) is 28.6 Å². The van der Waals surface area contributed by atoms with E-state index in [1.54, 1.807) is 11.3 Å². The molecule has 1 N–H and O–H groups in total. The average molecular weight is 290 g/mol. The number of hydrogen-bond donors (Lipinski definition) is 1. The fourth-order valence-corrected chi connectivity index (χ4v) is 3.00. The third-order valence-electron chi connectivity index (χ3n) is 3.38. The monoisotopic (exact) mass is 290 g/mol. The van der Waals surface area contributed by atoms with Gasteiger partial charge in [-0.1, -0.05) is 37.3 Å². The highest BCUT2D eigenvalue weighted by Gasteiger charge is 2.18. The summed E-state index contributed by atoms with van der Waals surface area (Å²) in [6.07, 6.45) is -0.421. The van der Waals surface area contributed by atoms with E-state index >= 15 is 0 Å². The lowest BCUT2D eigenvalue weighted by atomic mass is 9.97. The summed E-state index contributed by atoms with van der Waals surface area (Å²) in [5, 5.41) is 13.6. The van der Waals surface area contributed by atoms with E-state index in [1.165, 1.54) is 0 Å².